The monoisotopic (exact) mass is 259 g/mol. The Bertz CT molecular complexity index is 412. The van der Waals surface area contributed by atoms with Crippen LogP contribution in [0, 0.1) is 0 Å². The lowest BCUT2D eigenvalue weighted by atomic mass is 9.98. The number of rotatable bonds is 5. The van der Waals surface area contributed by atoms with Gasteiger partial charge in [0.1, 0.15) is 12.2 Å². The number of alkyl halides is 2. The van der Waals surface area contributed by atoms with Gasteiger partial charge in [0.15, 0.2) is 0 Å². The predicted octanol–water partition coefficient (Wildman–Crippen LogP) is 1.15. The number of benzene rings is 1. The van der Waals surface area contributed by atoms with Crippen LogP contribution in [0.4, 0.5) is 8.78 Å². The van der Waals surface area contributed by atoms with Crippen LogP contribution in [-0.2, 0) is 4.79 Å². The van der Waals surface area contributed by atoms with Gasteiger partial charge in [0.25, 0.3) is 6.43 Å². The van der Waals surface area contributed by atoms with Crippen molar-refractivity contribution >= 4 is 5.91 Å². The van der Waals surface area contributed by atoms with Gasteiger partial charge in [-0.2, -0.15) is 0 Å². The van der Waals surface area contributed by atoms with Crippen LogP contribution in [0.15, 0.2) is 24.3 Å². The average Bonchev–Trinajstić information content (AvgIpc) is 2.34. The second kappa shape index (κ2) is 6.42. The number of aliphatic hydroxyl groups is 2. The van der Waals surface area contributed by atoms with E-state index in [0.717, 1.165) is 0 Å². The lowest BCUT2D eigenvalue weighted by Crippen LogP contribution is -2.34. The van der Waals surface area contributed by atoms with Gasteiger partial charge in [-0.05, 0) is 5.56 Å². The minimum absolute atomic E-state index is 0.0367. The zero-order valence-corrected chi connectivity index (χ0v) is 9.81. The molecule has 1 aromatic rings. The van der Waals surface area contributed by atoms with Gasteiger partial charge in [0.05, 0.1) is 0 Å². The highest BCUT2D eigenvalue weighted by Gasteiger charge is 2.24. The highest BCUT2D eigenvalue weighted by atomic mass is 19.3. The molecule has 0 aliphatic heterocycles. The molecule has 0 aromatic heterocycles. The molecule has 0 saturated heterocycles. The summed E-state index contributed by atoms with van der Waals surface area (Å²) >= 11 is 0. The van der Waals surface area contributed by atoms with E-state index in [1.807, 2.05) is 0 Å². The van der Waals surface area contributed by atoms with Gasteiger partial charge >= 0.3 is 0 Å². The first-order valence-electron chi connectivity index (χ1n) is 5.41. The number of hydrogen-bond donors (Lipinski definition) is 3. The number of carbonyl (C=O) groups is 1. The summed E-state index contributed by atoms with van der Waals surface area (Å²) < 4.78 is 25.4. The van der Waals surface area contributed by atoms with E-state index >= 15 is 0 Å². The first-order chi connectivity index (χ1) is 8.43. The summed E-state index contributed by atoms with van der Waals surface area (Å²) in [5, 5.41) is 21.7. The molecule has 1 amide bonds. The van der Waals surface area contributed by atoms with E-state index in [9.17, 15) is 23.8 Å². The lowest BCUT2D eigenvalue weighted by molar-refractivity contribution is -0.119. The highest BCUT2D eigenvalue weighted by Crippen LogP contribution is 2.28. The largest absolute Gasteiger partial charge is 0.388 e. The molecule has 0 spiro atoms. The fourth-order valence-corrected chi connectivity index (χ4v) is 1.55. The van der Waals surface area contributed by atoms with Crippen LogP contribution in [0.2, 0.25) is 0 Å². The van der Waals surface area contributed by atoms with E-state index in [2.05, 4.69) is 5.32 Å². The van der Waals surface area contributed by atoms with Gasteiger partial charge in [-0.3, -0.25) is 4.79 Å². The Morgan fingerprint density at radius 1 is 1.28 bits per heavy atom. The fraction of sp³-hybridized carbons (Fsp3) is 0.417. The second-order valence-electron chi connectivity index (χ2n) is 3.88. The highest BCUT2D eigenvalue weighted by molar-refractivity contribution is 5.72. The van der Waals surface area contributed by atoms with Crippen LogP contribution in [0.25, 0.3) is 0 Å². The molecule has 0 saturated carbocycles. The van der Waals surface area contributed by atoms with E-state index in [4.69, 9.17) is 0 Å². The van der Waals surface area contributed by atoms with Crippen LogP contribution < -0.4 is 5.32 Å². The molecule has 0 aliphatic carbocycles. The normalized spacial score (nSPS) is 14.3. The number of halogens is 2. The molecule has 4 nitrogen and oxygen atoms in total. The molecule has 2 unspecified atom stereocenters. The van der Waals surface area contributed by atoms with E-state index in [0.29, 0.717) is 0 Å². The SMILES string of the molecule is CC(=O)NCC(O)C(O)c1ccccc1C(F)F. The van der Waals surface area contributed by atoms with Crippen molar-refractivity contribution < 1.29 is 23.8 Å². The van der Waals surface area contributed by atoms with E-state index < -0.39 is 18.6 Å². The maximum absolute atomic E-state index is 12.7. The Morgan fingerprint density at radius 2 is 1.83 bits per heavy atom. The minimum Gasteiger partial charge on any atom is -0.388 e. The molecule has 3 N–H and O–H groups in total. The summed E-state index contributed by atoms with van der Waals surface area (Å²) in [5.41, 5.74) is -0.364. The van der Waals surface area contributed by atoms with Gasteiger partial charge in [-0.1, -0.05) is 24.3 Å². The van der Waals surface area contributed by atoms with Crippen LogP contribution in [0.3, 0.4) is 0 Å². The van der Waals surface area contributed by atoms with Gasteiger partial charge in [-0.25, -0.2) is 8.78 Å². The Morgan fingerprint density at radius 3 is 2.33 bits per heavy atom. The Labute approximate surface area is 103 Å². The first kappa shape index (κ1) is 14.5. The van der Waals surface area contributed by atoms with Crippen molar-refractivity contribution in [2.75, 3.05) is 6.54 Å². The predicted molar refractivity (Wildman–Crippen MR) is 61.0 cm³/mol. The lowest BCUT2D eigenvalue weighted by Gasteiger charge is -2.20. The molecule has 1 rings (SSSR count). The average molecular weight is 259 g/mol. The molecular formula is C12H15F2NO3. The third kappa shape index (κ3) is 3.75. The summed E-state index contributed by atoms with van der Waals surface area (Å²) in [6, 6.07) is 5.44. The third-order valence-corrected chi connectivity index (χ3v) is 2.47. The van der Waals surface area contributed by atoms with E-state index in [1.165, 1.54) is 31.2 Å². The van der Waals surface area contributed by atoms with Crippen molar-refractivity contribution in [3.05, 3.63) is 35.4 Å². The van der Waals surface area contributed by atoms with Crippen LogP contribution in [0.1, 0.15) is 30.6 Å². The first-order valence-corrected chi connectivity index (χ1v) is 5.41. The van der Waals surface area contributed by atoms with E-state index in [1.54, 1.807) is 0 Å². The molecule has 100 valence electrons. The fourth-order valence-electron chi connectivity index (χ4n) is 1.55. The maximum atomic E-state index is 12.7. The summed E-state index contributed by atoms with van der Waals surface area (Å²) in [5.74, 6) is -0.372. The quantitative estimate of drug-likeness (QED) is 0.743. The molecule has 0 heterocycles. The second-order valence-corrected chi connectivity index (χ2v) is 3.88. The molecule has 0 radical (unpaired) electrons. The maximum Gasteiger partial charge on any atom is 0.264 e. The number of nitrogens with one attached hydrogen (secondary N) is 1. The van der Waals surface area contributed by atoms with Gasteiger partial charge in [0, 0.05) is 19.0 Å². The van der Waals surface area contributed by atoms with Crippen molar-refractivity contribution in [2.45, 2.75) is 25.6 Å². The number of carbonyl (C=O) groups excluding carboxylic acids is 1. The molecule has 0 fully saturated rings. The van der Waals surface area contributed by atoms with Crippen molar-refractivity contribution in [1.82, 2.24) is 5.32 Å². The van der Waals surface area contributed by atoms with Crippen LogP contribution in [0.5, 0.6) is 0 Å². The summed E-state index contributed by atoms with van der Waals surface area (Å²) in [7, 11) is 0. The number of aliphatic hydroxyl groups excluding tert-OH is 2. The van der Waals surface area contributed by atoms with Crippen LogP contribution >= 0.6 is 0 Å². The van der Waals surface area contributed by atoms with Crippen molar-refractivity contribution in [2.24, 2.45) is 0 Å². The molecular weight excluding hydrogens is 244 g/mol. The summed E-state index contributed by atoms with van der Waals surface area (Å²) in [6.45, 7) is 1.06. The summed E-state index contributed by atoms with van der Waals surface area (Å²) in [6.07, 6.45) is -5.54. The standard InChI is InChI=1S/C12H15F2NO3/c1-7(16)15-6-10(17)11(18)8-4-2-3-5-9(8)12(13)14/h2-5,10-12,17-18H,6H2,1H3,(H,15,16). The molecule has 6 heteroatoms. The topological polar surface area (TPSA) is 69.6 Å². The Balaban J connectivity index is 2.82. The number of hydrogen-bond acceptors (Lipinski definition) is 3. The van der Waals surface area contributed by atoms with Gasteiger partial charge < -0.3 is 15.5 Å². The molecule has 18 heavy (non-hydrogen) atoms. The molecule has 2 atom stereocenters. The third-order valence-electron chi connectivity index (χ3n) is 2.47. The van der Waals surface area contributed by atoms with Crippen molar-refractivity contribution in [3.8, 4) is 0 Å². The Hall–Kier alpha value is -1.53. The van der Waals surface area contributed by atoms with Crippen molar-refractivity contribution in [3.63, 3.8) is 0 Å². The van der Waals surface area contributed by atoms with E-state index in [-0.39, 0.29) is 23.6 Å². The molecule has 0 aliphatic rings. The zero-order valence-electron chi connectivity index (χ0n) is 9.81. The molecule has 1 aromatic carbocycles. The Kier molecular flexibility index (Phi) is 5.18. The molecule has 0 bridgehead atoms. The van der Waals surface area contributed by atoms with Gasteiger partial charge in [-0.15, -0.1) is 0 Å². The van der Waals surface area contributed by atoms with Gasteiger partial charge in [0.2, 0.25) is 5.91 Å². The summed E-state index contributed by atoms with van der Waals surface area (Å²) in [4.78, 5) is 10.7. The zero-order chi connectivity index (χ0) is 13.7. The smallest absolute Gasteiger partial charge is 0.264 e. The van der Waals surface area contributed by atoms with Crippen molar-refractivity contribution in [1.29, 1.82) is 0 Å². The number of amides is 1. The minimum atomic E-state index is -2.73. The van der Waals surface area contributed by atoms with Crippen LogP contribution in [-0.4, -0.2) is 28.8 Å².